The number of para-hydroxylation sites is 1. The molecule has 1 aliphatic rings. The summed E-state index contributed by atoms with van der Waals surface area (Å²) >= 11 is 2.77. The van der Waals surface area contributed by atoms with Crippen LogP contribution in [0.4, 0.5) is 0 Å². The average Bonchev–Trinajstić information content (AvgIpc) is 3.43. The molecule has 1 aromatic carbocycles. The lowest BCUT2D eigenvalue weighted by atomic mass is 10.1. The third-order valence-corrected chi connectivity index (χ3v) is 9.05. The number of rotatable bonds is 7. The molecule has 1 saturated heterocycles. The van der Waals surface area contributed by atoms with E-state index in [1.807, 2.05) is 31.2 Å². The minimum absolute atomic E-state index is 0.0238. The number of nitrogens with zero attached hydrogens (tertiary/aromatic N) is 4. The van der Waals surface area contributed by atoms with E-state index >= 15 is 0 Å². The van der Waals surface area contributed by atoms with Crippen molar-refractivity contribution in [1.82, 2.24) is 20.1 Å². The second-order valence-corrected chi connectivity index (χ2v) is 11.6. The highest BCUT2D eigenvalue weighted by atomic mass is 32.2. The summed E-state index contributed by atoms with van der Waals surface area (Å²) in [6.07, 6.45) is 1.08. The quantitative estimate of drug-likeness (QED) is 0.489. The van der Waals surface area contributed by atoms with Crippen LogP contribution in [0.5, 0.6) is 0 Å². The maximum Gasteiger partial charge on any atom is 0.277 e. The van der Waals surface area contributed by atoms with Crippen LogP contribution in [0.3, 0.4) is 0 Å². The highest BCUT2D eigenvalue weighted by molar-refractivity contribution is 7.99. The van der Waals surface area contributed by atoms with Crippen LogP contribution in [0.15, 0.2) is 33.9 Å². The molecule has 0 aliphatic carbocycles. The van der Waals surface area contributed by atoms with Gasteiger partial charge in [-0.25, -0.2) is 13.4 Å². The average molecular weight is 467 g/mol. The number of hydrogen-bond donors (Lipinski definition) is 0. The van der Waals surface area contributed by atoms with E-state index in [2.05, 4.69) is 15.2 Å². The zero-order valence-corrected chi connectivity index (χ0v) is 19.1. The van der Waals surface area contributed by atoms with Crippen LogP contribution in [0.2, 0.25) is 0 Å². The summed E-state index contributed by atoms with van der Waals surface area (Å²) < 4.78 is 29.8. The SMILES string of the molecule is CC(c1nc2ccccc2s1)N(C)C(=O)CSc1nnc(CC2CCS(=O)(=O)C2)o1. The molecule has 3 aromatic rings. The fraction of sp³-hybridized carbons (Fsp3) is 0.474. The fourth-order valence-electron chi connectivity index (χ4n) is 3.33. The van der Waals surface area contributed by atoms with Crippen molar-refractivity contribution in [3.63, 3.8) is 0 Å². The summed E-state index contributed by atoms with van der Waals surface area (Å²) in [5.41, 5.74) is 0.938. The highest BCUT2D eigenvalue weighted by Crippen LogP contribution is 2.29. The Balaban J connectivity index is 1.31. The van der Waals surface area contributed by atoms with Crippen molar-refractivity contribution in [2.24, 2.45) is 5.92 Å². The van der Waals surface area contributed by atoms with Gasteiger partial charge in [0.1, 0.15) is 5.01 Å². The van der Waals surface area contributed by atoms with Crippen LogP contribution >= 0.6 is 23.1 Å². The molecule has 160 valence electrons. The minimum Gasteiger partial charge on any atom is -0.416 e. The Hall–Kier alpha value is -1.98. The van der Waals surface area contributed by atoms with E-state index in [4.69, 9.17) is 4.42 Å². The first kappa shape index (κ1) is 21.3. The van der Waals surface area contributed by atoms with Crippen LogP contribution < -0.4 is 0 Å². The summed E-state index contributed by atoms with van der Waals surface area (Å²) in [5.74, 6) is 0.948. The number of sulfone groups is 1. The maximum atomic E-state index is 12.6. The Labute approximate surface area is 183 Å². The number of hydrogen-bond acceptors (Lipinski definition) is 9. The molecule has 2 unspecified atom stereocenters. The van der Waals surface area contributed by atoms with Gasteiger partial charge in [-0.3, -0.25) is 4.79 Å². The van der Waals surface area contributed by atoms with Crippen LogP contribution in [-0.4, -0.2) is 58.7 Å². The molecule has 0 bridgehead atoms. The van der Waals surface area contributed by atoms with E-state index in [1.54, 1.807) is 23.3 Å². The predicted molar refractivity (Wildman–Crippen MR) is 116 cm³/mol. The first-order valence-corrected chi connectivity index (χ1v) is 13.2. The van der Waals surface area contributed by atoms with Crippen molar-refractivity contribution < 1.29 is 17.6 Å². The van der Waals surface area contributed by atoms with E-state index in [0.29, 0.717) is 24.0 Å². The Morgan fingerprint density at radius 1 is 1.37 bits per heavy atom. The van der Waals surface area contributed by atoms with Crippen LogP contribution in [0.1, 0.15) is 30.3 Å². The van der Waals surface area contributed by atoms with Crippen molar-refractivity contribution in [3.05, 3.63) is 35.2 Å². The van der Waals surface area contributed by atoms with Crippen molar-refractivity contribution >= 4 is 49.1 Å². The van der Waals surface area contributed by atoms with Crippen molar-refractivity contribution in [1.29, 1.82) is 0 Å². The zero-order chi connectivity index (χ0) is 21.3. The summed E-state index contributed by atoms with van der Waals surface area (Å²) in [4.78, 5) is 18.9. The van der Waals surface area contributed by atoms with Gasteiger partial charge < -0.3 is 9.32 Å². The van der Waals surface area contributed by atoms with Gasteiger partial charge >= 0.3 is 0 Å². The molecule has 30 heavy (non-hydrogen) atoms. The van der Waals surface area contributed by atoms with E-state index < -0.39 is 9.84 Å². The van der Waals surface area contributed by atoms with E-state index in [1.165, 1.54) is 11.8 Å². The third kappa shape index (κ3) is 4.84. The number of amides is 1. The number of carbonyl (C=O) groups excluding carboxylic acids is 1. The van der Waals surface area contributed by atoms with Gasteiger partial charge in [-0.1, -0.05) is 23.9 Å². The normalized spacial score (nSPS) is 19.2. The topological polar surface area (TPSA) is 106 Å². The van der Waals surface area contributed by atoms with Gasteiger partial charge in [-0.2, -0.15) is 0 Å². The summed E-state index contributed by atoms with van der Waals surface area (Å²) in [7, 11) is -1.17. The van der Waals surface area contributed by atoms with E-state index in [0.717, 1.165) is 15.2 Å². The number of benzene rings is 1. The second-order valence-electron chi connectivity index (χ2n) is 7.42. The maximum absolute atomic E-state index is 12.6. The third-order valence-electron chi connectivity index (χ3n) is 5.20. The van der Waals surface area contributed by atoms with Gasteiger partial charge in [0.2, 0.25) is 11.8 Å². The molecule has 0 N–H and O–H groups in total. The summed E-state index contributed by atoms with van der Waals surface area (Å²) in [6.45, 7) is 1.96. The molecular weight excluding hydrogens is 444 g/mol. The van der Waals surface area contributed by atoms with Gasteiger partial charge in [0.15, 0.2) is 9.84 Å². The largest absolute Gasteiger partial charge is 0.416 e. The molecular formula is C19H22N4O4S3. The molecule has 3 heterocycles. The van der Waals surface area contributed by atoms with E-state index in [9.17, 15) is 13.2 Å². The van der Waals surface area contributed by atoms with Crippen LogP contribution in [0.25, 0.3) is 10.2 Å². The lowest BCUT2D eigenvalue weighted by Gasteiger charge is -2.22. The number of aromatic nitrogens is 3. The number of thiazole rings is 1. The van der Waals surface area contributed by atoms with Gasteiger partial charge in [0.25, 0.3) is 5.22 Å². The van der Waals surface area contributed by atoms with Crippen molar-refractivity contribution in [2.75, 3.05) is 24.3 Å². The molecule has 1 fully saturated rings. The van der Waals surface area contributed by atoms with E-state index in [-0.39, 0.29) is 35.1 Å². The number of fused-ring (bicyclic) bond motifs is 1. The highest BCUT2D eigenvalue weighted by Gasteiger charge is 2.29. The van der Waals surface area contributed by atoms with Crippen molar-refractivity contribution in [3.8, 4) is 0 Å². The summed E-state index contributed by atoms with van der Waals surface area (Å²) in [6, 6.07) is 7.78. The monoisotopic (exact) mass is 466 g/mol. The number of thioether (sulfide) groups is 1. The molecule has 2 aromatic heterocycles. The first-order chi connectivity index (χ1) is 14.3. The van der Waals surface area contributed by atoms with Crippen LogP contribution in [-0.2, 0) is 21.1 Å². The molecule has 0 radical (unpaired) electrons. The molecule has 4 rings (SSSR count). The van der Waals surface area contributed by atoms with Gasteiger partial charge in [-0.05, 0) is 31.4 Å². The number of carbonyl (C=O) groups is 1. The van der Waals surface area contributed by atoms with Gasteiger partial charge in [0, 0.05) is 13.5 Å². The first-order valence-electron chi connectivity index (χ1n) is 9.57. The standard InChI is InChI=1S/C19H22N4O4S3/c1-12(18-20-14-5-3-4-6-15(14)29-18)23(2)17(24)10-28-19-22-21-16(27-19)9-13-7-8-30(25,26)11-13/h3-6,12-13H,7-11H2,1-2H3. The molecule has 11 heteroatoms. The van der Waals surface area contributed by atoms with Crippen molar-refractivity contribution in [2.45, 2.75) is 31.0 Å². The lowest BCUT2D eigenvalue weighted by Crippen LogP contribution is -2.31. The van der Waals surface area contributed by atoms with Gasteiger partial charge in [-0.15, -0.1) is 21.5 Å². The minimum atomic E-state index is -2.93. The Kier molecular flexibility index (Phi) is 6.12. The molecule has 0 saturated carbocycles. The molecule has 8 nitrogen and oxygen atoms in total. The van der Waals surface area contributed by atoms with Gasteiger partial charge in [0.05, 0.1) is 33.5 Å². The molecule has 0 spiro atoms. The smallest absolute Gasteiger partial charge is 0.277 e. The second kappa shape index (κ2) is 8.64. The molecule has 1 amide bonds. The van der Waals surface area contributed by atoms with Crippen LogP contribution in [0, 0.1) is 5.92 Å². The fourth-order valence-corrected chi connectivity index (χ4v) is 6.96. The molecule has 2 atom stereocenters. The predicted octanol–water partition coefficient (Wildman–Crippen LogP) is 2.97. The zero-order valence-electron chi connectivity index (χ0n) is 16.6. The summed E-state index contributed by atoms with van der Waals surface area (Å²) in [5, 5.41) is 9.18. The Bertz CT molecular complexity index is 1120. The molecule has 1 aliphatic heterocycles. The lowest BCUT2D eigenvalue weighted by molar-refractivity contribution is -0.128. The Morgan fingerprint density at radius 3 is 2.90 bits per heavy atom. The Morgan fingerprint density at radius 2 is 2.17 bits per heavy atom.